The first kappa shape index (κ1) is 24.2. The molecule has 0 unspecified atom stereocenters. The van der Waals surface area contributed by atoms with Crippen LogP contribution >= 0.6 is 0 Å². The number of hydrogen-bond donors (Lipinski definition) is 0. The van der Waals surface area contributed by atoms with Crippen LogP contribution in [0.3, 0.4) is 0 Å². The lowest BCUT2D eigenvalue weighted by molar-refractivity contribution is -0.104. The maximum atomic E-state index is 10.9. The van der Waals surface area contributed by atoms with E-state index in [0.717, 1.165) is 30.5 Å². The Kier molecular flexibility index (Phi) is 7.90. The minimum absolute atomic E-state index is 0.363. The highest BCUT2D eigenvalue weighted by atomic mass is 16.7. The van der Waals surface area contributed by atoms with E-state index in [1.165, 1.54) is 11.1 Å². The van der Waals surface area contributed by atoms with Gasteiger partial charge in [0.05, 0.1) is 11.2 Å². The summed E-state index contributed by atoms with van der Waals surface area (Å²) in [4.78, 5) is 13.2. The van der Waals surface area contributed by atoms with E-state index in [0.29, 0.717) is 5.57 Å². The summed E-state index contributed by atoms with van der Waals surface area (Å²) in [7, 11) is -0.376. The highest BCUT2D eigenvalue weighted by Gasteiger charge is 2.52. The van der Waals surface area contributed by atoms with Crippen LogP contribution in [0.2, 0.25) is 0 Å². The Hall–Kier alpha value is -2.11. The Morgan fingerprint density at radius 2 is 1.60 bits per heavy atom. The number of hydrogen-bond acceptors (Lipinski definition) is 4. The van der Waals surface area contributed by atoms with Crippen molar-refractivity contribution in [1.82, 2.24) is 4.90 Å². The van der Waals surface area contributed by atoms with Crippen molar-refractivity contribution in [3.8, 4) is 0 Å². The molecule has 0 N–H and O–H groups in total. The Labute approximate surface area is 182 Å². The van der Waals surface area contributed by atoms with Crippen LogP contribution in [0.1, 0.15) is 55.4 Å². The number of nitrogens with zero attached hydrogens (tertiary/aromatic N) is 1. The van der Waals surface area contributed by atoms with Gasteiger partial charge in [-0.15, -0.1) is 0 Å². The van der Waals surface area contributed by atoms with Gasteiger partial charge in [-0.25, -0.2) is 0 Å². The van der Waals surface area contributed by atoms with E-state index in [1.54, 1.807) is 0 Å². The molecule has 2 saturated heterocycles. The quantitative estimate of drug-likeness (QED) is 0.256. The number of aldehydes is 1. The van der Waals surface area contributed by atoms with Gasteiger partial charge >= 0.3 is 7.12 Å². The third-order valence-electron chi connectivity index (χ3n) is 6.10. The van der Waals surface area contributed by atoms with Gasteiger partial charge in [-0.1, -0.05) is 36.5 Å². The maximum Gasteiger partial charge on any atom is 0.494 e. The first-order valence-corrected chi connectivity index (χ1v) is 10.6. The molecule has 0 radical (unpaired) electrons. The molecule has 162 valence electrons. The standard InChI is InChI=1S/C25H36BNO3/c1-9-11-12-21-16-27(20(4)14-13-19(3)18-28)17-22(21)15-23(10-2)26-29-24(5,6)25(7,8)30-26/h9-15,18H,16-17H2,1-8H3/b11-9-,19-13+,20-14+,21-12+,22-15+,23-10+. The third kappa shape index (κ3) is 5.53. The summed E-state index contributed by atoms with van der Waals surface area (Å²) in [5.74, 6) is 0. The smallest absolute Gasteiger partial charge is 0.399 e. The van der Waals surface area contributed by atoms with Gasteiger partial charge in [0.2, 0.25) is 0 Å². The first-order valence-electron chi connectivity index (χ1n) is 10.6. The number of carbonyl (C=O) groups excluding carboxylic acids is 1. The number of allylic oxidation sites excluding steroid dienone is 10. The minimum Gasteiger partial charge on any atom is -0.399 e. The van der Waals surface area contributed by atoms with Crippen molar-refractivity contribution in [2.75, 3.05) is 13.1 Å². The fourth-order valence-corrected chi connectivity index (χ4v) is 3.29. The lowest BCUT2D eigenvalue weighted by atomic mass is 9.76. The number of rotatable bonds is 6. The van der Waals surface area contributed by atoms with Gasteiger partial charge in [0, 0.05) is 18.8 Å². The highest BCUT2D eigenvalue weighted by molar-refractivity contribution is 6.55. The fourth-order valence-electron chi connectivity index (χ4n) is 3.29. The van der Waals surface area contributed by atoms with Crippen LogP contribution < -0.4 is 0 Å². The third-order valence-corrected chi connectivity index (χ3v) is 6.10. The Morgan fingerprint density at radius 1 is 1.00 bits per heavy atom. The fraction of sp³-hybridized carbons (Fsp3) is 0.480. The van der Waals surface area contributed by atoms with E-state index in [-0.39, 0.29) is 18.3 Å². The molecule has 4 nitrogen and oxygen atoms in total. The summed E-state index contributed by atoms with van der Waals surface area (Å²) in [5, 5.41) is 0. The van der Waals surface area contributed by atoms with Crippen LogP contribution in [0.25, 0.3) is 0 Å². The molecular weight excluding hydrogens is 373 g/mol. The first-order chi connectivity index (χ1) is 14.0. The van der Waals surface area contributed by atoms with Crippen molar-refractivity contribution < 1.29 is 14.1 Å². The van der Waals surface area contributed by atoms with Crippen molar-refractivity contribution in [2.24, 2.45) is 0 Å². The molecule has 2 heterocycles. The minimum atomic E-state index is -0.376. The van der Waals surface area contributed by atoms with Crippen LogP contribution in [-0.4, -0.2) is 42.6 Å². The van der Waals surface area contributed by atoms with Gasteiger partial charge in [-0.05, 0) is 83.7 Å². The van der Waals surface area contributed by atoms with Crippen LogP contribution in [0, 0.1) is 0 Å². The van der Waals surface area contributed by atoms with Crippen LogP contribution in [-0.2, 0) is 14.1 Å². The predicted octanol–water partition coefficient (Wildman–Crippen LogP) is 5.36. The average molecular weight is 409 g/mol. The van der Waals surface area contributed by atoms with Crippen LogP contribution in [0.4, 0.5) is 0 Å². The van der Waals surface area contributed by atoms with Gasteiger partial charge in [0.25, 0.3) is 0 Å². The van der Waals surface area contributed by atoms with Crippen molar-refractivity contribution in [3.05, 3.63) is 70.4 Å². The summed E-state index contributed by atoms with van der Waals surface area (Å²) >= 11 is 0. The topological polar surface area (TPSA) is 38.8 Å². The molecule has 0 bridgehead atoms. The summed E-state index contributed by atoms with van der Waals surface area (Å²) in [6, 6.07) is 0. The van der Waals surface area contributed by atoms with E-state index < -0.39 is 0 Å². The van der Waals surface area contributed by atoms with Gasteiger partial charge < -0.3 is 14.2 Å². The molecule has 2 aliphatic rings. The summed E-state index contributed by atoms with van der Waals surface area (Å²) in [5.41, 5.74) is 4.67. The zero-order valence-electron chi connectivity index (χ0n) is 19.8. The number of likely N-dealkylation sites (tertiary alicyclic amines) is 1. The van der Waals surface area contributed by atoms with Crippen molar-refractivity contribution in [2.45, 2.75) is 66.6 Å². The predicted molar refractivity (Wildman–Crippen MR) is 126 cm³/mol. The zero-order valence-corrected chi connectivity index (χ0v) is 19.8. The van der Waals surface area contributed by atoms with Crippen LogP contribution in [0.15, 0.2) is 70.4 Å². The SMILES string of the molecule is C\C=C/C=C1\CN(/C(C)=C/C=C(\C)C=O)C\C1=C/C(=C\C)B1OC(C)(C)C(C)(C)O1. The molecule has 2 rings (SSSR count). The molecule has 0 spiro atoms. The molecule has 5 heteroatoms. The second-order valence-corrected chi connectivity index (χ2v) is 8.96. The van der Waals surface area contributed by atoms with Gasteiger partial charge in [-0.2, -0.15) is 0 Å². The normalized spacial score (nSPS) is 25.3. The molecule has 0 aromatic rings. The lowest BCUT2D eigenvalue weighted by Gasteiger charge is -2.32. The zero-order chi connectivity index (χ0) is 22.5. The molecule has 0 amide bonds. The van der Waals surface area contributed by atoms with Gasteiger partial charge in [0.15, 0.2) is 0 Å². The molecular formula is C25H36BNO3. The van der Waals surface area contributed by atoms with E-state index in [1.807, 2.05) is 39.0 Å². The Balaban J connectivity index is 2.32. The second-order valence-electron chi connectivity index (χ2n) is 8.96. The molecule has 2 aliphatic heterocycles. The Morgan fingerprint density at radius 3 is 2.13 bits per heavy atom. The van der Waals surface area contributed by atoms with E-state index >= 15 is 0 Å². The molecule has 0 saturated carbocycles. The summed E-state index contributed by atoms with van der Waals surface area (Å²) < 4.78 is 12.5. The van der Waals surface area contributed by atoms with Gasteiger partial charge in [-0.3, -0.25) is 4.79 Å². The molecule has 30 heavy (non-hydrogen) atoms. The monoisotopic (exact) mass is 409 g/mol. The van der Waals surface area contributed by atoms with E-state index in [2.05, 4.69) is 63.8 Å². The van der Waals surface area contributed by atoms with Crippen molar-refractivity contribution in [1.29, 1.82) is 0 Å². The number of carbonyl (C=O) groups is 1. The lowest BCUT2D eigenvalue weighted by Crippen LogP contribution is -2.41. The molecule has 0 atom stereocenters. The van der Waals surface area contributed by atoms with Gasteiger partial charge in [0.1, 0.15) is 6.29 Å². The van der Waals surface area contributed by atoms with E-state index in [4.69, 9.17) is 9.31 Å². The molecule has 0 aliphatic carbocycles. The highest BCUT2D eigenvalue weighted by Crippen LogP contribution is 2.39. The molecule has 0 aromatic carbocycles. The van der Waals surface area contributed by atoms with Crippen LogP contribution in [0.5, 0.6) is 0 Å². The van der Waals surface area contributed by atoms with Crippen molar-refractivity contribution in [3.63, 3.8) is 0 Å². The summed E-state index contributed by atoms with van der Waals surface area (Å²) in [6.07, 6.45) is 15.3. The average Bonchev–Trinajstić information content (AvgIpc) is 3.19. The molecule has 0 aromatic heterocycles. The largest absolute Gasteiger partial charge is 0.494 e. The molecule has 2 fully saturated rings. The summed E-state index contributed by atoms with van der Waals surface area (Å²) in [6.45, 7) is 17.9. The van der Waals surface area contributed by atoms with E-state index in [9.17, 15) is 4.79 Å². The van der Waals surface area contributed by atoms with Crippen molar-refractivity contribution >= 4 is 13.4 Å². The maximum absolute atomic E-state index is 10.9. The Bertz CT molecular complexity index is 824. The second kappa shape index (κ2) is 9.80.